The smallest absolute Gasteiger partial charge is 0.161 e. The summed E-state index contributed by atoms with van der Waals surface area (Å²) < 4.78 is 10.7. The zero-order valence-corrected chi connectivity index (χ0v) is 13.0. The summed E-state index contributed by atoms with van der Waals surface area (Å²) in [6.07, 6.45) is 1.00. The average Bonchev–Trinajstić information content (AvgIpc) is 2.49. The largest absolute Gasteiger partial charge is 0.493 e. The molecule has 21 heavy (non-hydrogen) atoms. The van der Waals surface area contributed by atoms with Gasteiger partial charge in [-0.3, -0.25) is 4.90 Å². The van der Waals surface area contributed by atoms with E-state index in [1.165, 1.54) is 11.1 Å². The van der Waals surface area contributed by atoms with Crippen LogP contribution in [0, 0.1) is 12.3 Å². The highest BCUT2D eigenvalue weighted by Gasteiger charge is 2.21. The number of benzene rings is 1. The number of hydrogen-bond donors (Lipinski definition) is 2. The summed E-state index contributed by atoms with van der Waals surface area (Å²) in [5, 5.41) is 17.3. The van der Waals surface area contributed by atoms with E-state index in [2.05, 4.69) is 11.8 Å². The van der Waals surface area contributed by atoms with Gasteiger partial charge in [0.1, 0.15) is 0 Å². The maximum Gasteiger partial charge on any atom is 0.161 e. The van der Waals surface area contributed by atoms with Crippen molar-refractivity contribution < 1.29 is 14.6 Å². The lowest BCUT2D eigenvalue weighted by Gasteiger charge is -2.30. The number of methoxy groups -OCH3 is 2. The Bertz CT molecular complexity index is 516. The second-order valence-corrected chi connectivity index (χ2v) is 5.49. The summed E-state index contributed by atoms with van der Waals surface area (Å²) in [5.41, 5.74) is 2.83. The van der Waals surface area contributed by atoms with Crippen LogP contribution in [0.3, 0.4) is 0 Å². The molecule has 1 aromatic carbocycles. The van der Waals surface area contributed by atoms with Crippen LogP contribution in [0.4, 0.5) is 0 Å². The zero-order valence-electron chi connectivity index (χ0n) is 13.0. The number of hydrogen-bond acceptors (Lipinski definition) is 5. The second-order valence-electron chi connectivity index (χ2n) is 5.49. The van der Waals surface area contributed by atoms with Gasteiger partial charge in [-0.15, -0.1) is 0 Å². The highest BCUT2D eigenvalue weighted by atomic mass is 16.5. The fourth-order valence-corrected chi connectivity index (χ4v) is 2.67. The lowest BCUT2D eigenvalue weighted by Crippen LogP contribution is -2.43. The molecule has 5 heteroatoms. The molecule has 1 atom stereocenters. The van der Waals surface area contributed by atoms with Gasteiger partial charge in [0.15, 0.2) is 11.5 Å². The molecular weight excluding hydrogens is 268 g/mol. The van der Waals surface area contributed by atoms with Crippen molar-refractivity contribution in [2.45, 2.75) is 25.9 Å². The number of nitrogens with zero attached hydrogens (tertiary/aromatic N) is 1. The monoisotopic (exact) mass is 292 g/mol. The highest BCUT2D eigenvalue weighted by Crippen LogP contribution is 2.30. The third-order valence-corrected chi connectivity index (χ3v) is 4.05. The fourth-order valence-electron chi connectivity index (χ4n) is 2.67. The maximum absolute atomic E-state index is 9.57. The average molecular weight is 292 g/mol. The van der Waals surface area contributed by atoms with Crippen LogP contribution in [-0.2, 0) is 6.42 Å². The molecule has 0 amide bonds. The molecule has 2 N–H and O–H groups in total. The number of aliphatic hydroxyl groups is 1. The minimum Gasteiger partial charge on any atom is -0.493 e. The summed E-state index contributed by atoms with van der Waals surface area (Å²) >= 11 is 0. The van der Waals surface area contributed by atoms with Gasteiger partial charge in [-0.2, -0.15) is 0 Å². The van der Waals surface area contributed by atoms with Crippen LogP contribution in [0.15, 0.2) is 12.1 Å². The number of rotatable bonds is 5. The van der Waals surface area contributed by atoms with Crippen LogP contribution in [0.25, 0.3) is 0 Å². The highest BCUT2D eigenvalue weighted by molar-refractivity contribution is 5.88. The van der Waals surface area contributed by atoms with Crippen LogP contribution in [0.5, 0.6) is 11.5 Å². The standard InChI is InChI=1S/C16H24N2O3/c1-11-8-15(20-2)16(21-3)9-12(11)4-6-18-7-5-14(19)13(17)10-18/h8-9,14,17,19H,4-7,10H2,1-3H3/t14-/m1/s1. The van der Waals surface area contributed by atoms with E-state index < -0.39 is 6.10 Å². The van der Waals surface area contributed by atoms with Crippen molar-refractivity contribution >= 4 is 5.71 Å². The van der Waals surface area contributed by atoms with E-state index in [0.29, 0.717) is 18.7 Å². The Morgan fingerprint density at radius 3 is 2.57 bits per heavy atom. The summed E-state index contributed by atoms with van der Waals surface area (Å²) in [7, 11) is 3.28. The van der Waals surface area contributed by atoms with Crippen molar-refractivity contribution in [2.75, 3.05) is 33.9 Å². The summed E-state index contributed by atoms with van der Waals surface area (Å²) in [4.78, 5) is 2.21. The lowest BCUT2D eigenvalue weighted by molar-refractivity contribution is 0.169. The third kappa shape index (κ3) is 3.74. The Morgan fingerprint density at radius 2 is 1.95 bits per heavy atom. The molecule has 0 saturated carbocycles. The van der Waals surface area contributed by atoms with Crippen molar-refractivity contribution in [1.29, 1.82) is 5.41 Å². The molecule has 0 aromatic heterocycles. The molecule has 2 rings (SSSR count). The predicted octanol–water partition coefficient (Wildman–Crippen LogP) is 1.64. The molecule has 5 nitrogen and oxygen atoms in total. The number of nitrogens with one attached hydrogen (secondary N) is 1. The molecule has 1 fully saturated rings. The van der Waals surface area contributed by atoms with Crippen LogP contribution in [0.2, 0.25) is 0 Å². The first-order valence-electron chi connectivity index (χ1n) is 7.24. The normalized spacial score (nSPS) is 19.6. The molecule has 0 aliphatic carbocycles. The molecule has 1 aromatic rings. The Labute approximate surface area is 126 Å². The van der Waals surface area contributed by atoms with Gasteiger partial charge >= 0.3 is 0 Å². The molecule has 116 valence electrons. The Kier molecular flexibility index (Phi) is 5.20. The van der Waals surface area contributed by atoms with E-state index >= 15 is 0 Å². The van der Waals surface area contributed by atoms with E-state index in [1.807, 2.05) is 12.1 Å². The van der Waals surface area contributed by atoms with Gasteiger partial charge < -0.3 is 20.0 Å². The van der Waals surface area contributed by atoms with Crippen molar-refractivity contribution in [3.05, 3.63) is 23.3 Å². The number of ether oxygens (including phenoxy) is 2. The lowest BCUT2D eigenvalue weighted by atomic mass is 10.0. The summed E-state index contributed by atoms with van der Waals surface area (Å²) in [5.74, 6) is 1.50. The van der Waals surface area contributed by atoms with Crippen LogP contribution in [0.1, 0.15) is 17.5 Å². The van der Waals surface area contributed by atoms with Crippen molar-refractivity contribution in [3.8, 4) is 11.5 Å². The minimum absolute atomic E-state index is 0.422. The Hall–Kier alpha value is -1.59. The number of aliphatic hydroxyl groups excluding tert-OH is 1. The zero-order chi connectivity index (χ0) is 15.4. The van der Waals surface area contributed by atoms with Crippen LogP contribution < -0.4 is 9.47 Å². The molecule has 0 unspecified atom stereocenters. The molecule has 0 spiro atoms. The quantitative estimate of drug-likeness (QED) is 0.866. The first kappa shape index (κ1) is 15.8. The van der Waals surface area contributed by atoms with Gasteiger partial charge in [0, 0.05) is 19.6 Å². The molecule has 1 heterocycles. The van der Waals surface area contributed by atoms with Crippen LogP contribution in [-0.4, -0.2) is 55.7 Å². The number of piperidine rings is 1. The first-order valence-corrected chi connectivity index (χ1v) is 7.24. The molecule has 1 aliphatic rings. The summed E-state index contributed by atoms with van der Waals surface area (Å²) in [6.45, 7) is 4.36. The van der Waals surface area contributed by atoms with E-state index in [1.54, 1.807) is 14.2 Å². The summed E-state index contributed by atoms with van der Waals surface area (Å²) in [6, 6.07) is 4.02. The Morgan fingerprint density at radius 1 is 1.29 bits per heavy atom. The minimum atomic E-state index is -0.552. The fraction of sp³-hybridized carbons (Fsp3) is 0.562. The van der Waals surface area contributed by atoms with Gasteiger partial charge in [0.25, 0.3) is 0 Å². The predicted molar refractivity (Wildman–Crippen MR) is 82.8 cm³/mol. The van der Waals surface area contributed by atoms with Gasteiger partial charge in [-0.05, 0) is 43.0 Å². The van der Waals surface area contributed by atoms with Gasteiger partial charge in [0.2, 0.25) is 0 Å². The van der Waals surface area contributed by atoms with E-state index in [4.69, 9.17) is 14.9 Å². The second kappa shape index (κ2) is 6.91. The molecule has 0 radical (unpaired) electrons. The van der Waals surface area contributed by atoms with Crippen LogP contribution >= 0.6 is 0 Å². The van der Waals surface area contributed by atoms with Crippen molar-refractivity contribution in [1.82, 2.24) is 4.90 Å². The topological polar surface area (TPSA) is 65.8 Å². The SMILES string of the molecule is COc1cc(C)c(CCN2CC[C@@H](O)C(=N)C2)cc1OC. The van der Waals surface area contributed by atoms with E-state index in [-0.39, 0.29) is 0 Å². The van der Waals surface area contributed by atoms with E-state index in [0.717, 1.165) is 31.0 Å². The van der Waals surface area contributed by atoms with Gasteiger partial charge in [0.05, 0.1) is 26.0 Å². The molecule has 1 aliphatic heterocycles. The van der Waals surface area contributed by atoms with Gasteiger partial charge in [-0.25, -0.2) is 0 Å². The van der Waals surface area contributed by atoms with E-state index in [9.17, 15) is 5.11 Å². The molecule has 1 saturated heterocycles. The first-order chi connectivity index (χ1) is 10.0. The Balaban J connectivity index is 2.01. The van der Waals surface area contributed by atoms with Crippen molar-refractivity contribution in [2.24, 2.45) is 0 Å². The van der Waals surface area contributed by atoms with Crippen molar-refractivity contribution in [3.63, 3.8) is 0 Å². The molecule has 0 bridgehead atoms. The maximum atomic E-state index is 9.57. The number of aryl methyl sites for hydroxylation is 1. The third-order valence-electron chi connectivity index (χ3n) is 4.05. The van der Waals surface area contributed by atoms with Gasteiger partial charge in [-0.1, -0.05) is 0 Å². The number of likely N-dealkylation sites (tertiary alicyclic amines) is 1. The molecular formula is C16H24N2O3.